The Bertz CT molecular complexity index is 406. The van der Waals surface area contributed by atoms with Gasteiger partial charge in [-0.05, 0) is 68.6 Å². The lowest BCUT2D eigenvalue weighted by atomic mass is 9.96. The molecule has 2 heterocycles. The van der Waals surface area contributed by atoms with Crippen molar-refractivity contribution < 1.29 is 9.90 Å². The third-order valence-corrected chi connectivity index (χ3v) is 6.98. The van der Waals surface area contributed by atoms with Gasteiger partial charge in [0, 0.05) is 18.0 Å². The molecule has 6 atom stereocenters. The molecule has 0 aromatic heterocycles. The van der Waals surface area contributed by atoms with E-state index in [1.807, 2.05) is 0 Å². The van der Waals surface area contributed by atoms with Crippen LogP contribution in [0.1, 0.15) is 44.9 Å². The van der Waals surface area contributed by atoms with Crippen LogP contribution in [0.5, 0.6) is 0 Å². The second-order valence-electron chi connectivity index (χ2n) is 7.77. The zero-order chi connectivity index (χ0) is 12.7. The molecular weight excluding hydrogens is 238 g/mol. The molecule has 104 valence electrons. The third-order valence-electron chi connectivity index (χ3n) is 6.98. The number of rotatable bonds is 1. The van der Waals surface area contributed by atoms with Gasteiger partial charge in [0.15, 0.2) is 0 Å². The van der Waals surface area contributed by atoms with Crippen molar-refractivity contribution in [3.05, 3.63) is 0 Å². The molecule has 0 aromatic carbocycles. The average molecular weight is 261 g/mol. The monoisotopic (exact) mass is 261 g/mol. The highest BCUT2D eigenvalue weighted by atomic mass is 16.3. The highest BCUT2D eigenvalue weighted by Gasteiger charge is 2.68. The Kier molecular flexibility index (Phi) is 2.08. The fourth-order valence-electron chi connectivity index (χ4n) is 6.34. The highest BCUT2D eigenvalue weighted by Crippen LogP contribution is 2.70. The van der Waals surface area contributed by atoms with Crippen LogP contribution in [-0.2, 0) is 4.79 Å². The van der Waals surface area contributed by atoms with Gasteiger partial charge < -0.3 is 10.0 Å². The minimum Gasteiger partial charge on any atom is -0.393 e. The molecule has 6 unspecified atom stereocenters. The van der Waals surface area contributed by atoms with Gasteiger partial charge in [-0.25, -0.2) is 0 Å². The first-order chi connectivity index (χ1) is 9.24. The maximum absolute atomic E-state index is 12.9. The number of aliphatic hydroxyl groups excluding tert-OH is 1. The van der Waals surface area contributed by atoms with E-state index in [0.29, 0.717) is 23.9 Å². The van der Waals surface area contributed by atoms with Crippen LogP contribution in [0.15, 0.2) is 0 Å². The van der Waals surface area contributed by atoms with E-state index >= 15 is 0 Å². The van der Waals surface area contributed by atoms with Crippen molar-refractivity contribution in [3.8, 4) is 0 Å². The van der Waals surface area contributed by atoms with Gasteiger partial charge in [-0.15, -0.1) is 0 Å². The van der Waals surface area contributed by atoms with E-state index in [9.17, 15) is 9.90 Å². The van der Waals surface area contributed by atoms with Gasteiger partial charge in [0.25, 0.3) is 0 Å². The predicted molar refractivity (Wildman–Crippen MR) is 70.2 cm³/mol. The number of hydrogen-bond donors (Lipinski definition) is 1. The van der Waals surface area contributed by atoms with Crippen LogP contribution >= 0.6 is 0 Å². The molecule has 0 spiro atoms. The van der Waals surface area contributed by atoms with Crippen LogP contribution in [0.2, 0.25) is 0 Å². The molecule has 3 nitrogen and oxygen atoms in total. The van der Waals surface area contributed by atoms with E-state index in [4.69, 9.17) is 0 Å². The van der Waals surface area contributed by atoms with Gasteiger partial charge in [0.05, 0.1) is 6.10 Å². The molecule has 5 aliphatic rings. The molecule has 3 aliphatic carbocycles. The molecule has 3 heteroatoms. The summed E-state index contributed by atoms with van der Waals surface area (Å²) in [5, 5.41) is 9.86. The molecule has 5 rings (SSSR count). The van der Waals surface area contributed by atoms with E-state index in [2.05, 4.69) is 4.90 Å². The largest absolute Gasteiger partial charge is 0.393 e. The predicted octanol–water partition coefficient (Wildman–Crippen LogP) is 1.79. The Morgan fingerprint density at radius 1 is 0.895 bits per heavy atom. The summed E-state index contributed by atoms with van der Waals surface area (Å²) in [7, 11) is 0. The Morgan fingerprint density at radius 3 is 2.05 bits per heavy atom. The molecule has 5 fully saturated rings. The van der Waals surface area contributed by atoms with Crippen molar-refractivity contribution in [3.63, 3.8) is 0 Å². The summed E-state index contributed by atoms with van der Waals surface area (Å²) in [4.78, 5) is 15.1. The minimum absolute atomic E-state index is 0.156. The van der Waals surface area contributed by atoms with Crippen molar-refractivity contribution in [1.29, 1.82) is 0 Å². The topological polar surface area (TPSA) is 40.5 Å². The highest BCUT2D eigenvalue weighted by molar-refractivity contribution is 5.84. The van der Waals surface area contributed by atoms with Crippen molar-refractivity contribution in [2.24, 2.45) is 29.6 Å². The molecule has 0 aromatic rings. The van der Waals surface area contributed by atoms with Crippen molar-refractivity contribution in [2.45, 2.75) is 63.1 Å². The first-order valence-corrected chi connectivity index (χ1v) is 8.24. The normalized spacial score (nSPS) is 57.4. The number of hydrogen-bond acceptors (Lipinski definition) is 2. The van der Waals surface area contributed by atoms with E-state index in [-0.39, 0.29) is 6.10 Å². The average Bonchev–Trinajstić information content (AvgIpc) is 2.68. The molecule has 1 amide bonds. The number of amides is 1. The summed E-state index contributed by atoms with van der Waals surface area (Å²) in [5.74, 6) is 4.17. The summed E-state index contributed by atoms with van der Waals surface area (Å²) < 4.78 is 0. The molecule has 4 bridgehead atoms. The second-order valence-corrected chi connectivity index (χ2v) is 7.77. The Hall–Kier alpha value is -0.570. The smallest absolute Gasteiger partial charge is 0.226 e. The quantitative estimate of drug-likeness (QED) is 0.782. The second kappa shape index (κ2) is 3.55. The maximum atomic E-state index is 12.9. The molecular formula is C16H23NO2. The first kappa shape index (κ1) is 11.1. The number of aliphatic hydroxyl groups is 1. The van der Waals surface area contributed by atoms with Gasteiger partial charge in [-0.1, -0.05) is 0 Å². The molecule has 0 radical (unpaired) electrons. The number of carbonyl (C=O) groups is 1. The number of nitrogens with zero attached hydrogens (tertiary/aromatic N) is 1. The number of piperidine rings is 1. The summed E-state index contributed by atoms with van der Waals surface area (Å²) in [6.07, 6.45) is 7.96. The van der Waals surface area contributed by atoms with Crippen LogP contribution in [-0.4, -0.2) is 34.1 Å². The molecule has 3 saturated carbocycles. The third kappa shape index (κ3) is 1.35. The van der Waals surface area contributed by atoms with Crippen LogP contribution in [0.25, 0.3) is 0 Å². The van der Waals surface area contributed by atoms with Crippen LogP contribution in [0.4, 0.5) is 0 Å². The van der Waals surface area contributed by atoms with Crippen LogP contribution in [0, 0.1) is 29.6 Å². The van der Waals surface area contributed by atoms with Crippen LogP contribution in [0.3, 0.4) is 0 Å². The van der Waals surface area contributed by atoms with Gasteiger partial charge in [-0.3, -0.25) is 4.79 Å². The Balaban J connectivity index is 1.37. The van der Waals surface area contributed by atoms with E-state index in [0.717, 1.165) is 49.4 Å². The zero-order valence-electron chi connectivity index (χ0n) is 11.4. The van der Waals surface area contributed by atoms with Crippen molar-refractivity contribution >= 4 is 5.91 Å². The standard InChI is InChI=1S/C16H23NO2/c18-12-6-10-3-4-11(7-12)17(10)16(19)15-13-8-1-2-9(5-8)14(13)15/h8-15,18H,1-7H2. The zero-order valence-corrected chi connectivity index (χ0v) is 11.4. The summed E-state index contributed by atoms with van der Waals surface area (Å²) in [5.41, 5.74) is 0. The van der Waals surface area contributed by atoms with Crippen LogP contribution < -0.4 is 0 Å². The van der Waals surface area contributed by atoms with E-state index in [1.165, 1.54) is 19.3 Å². The lowest BCUT2D eigenvalue weighted by molar-refractivity contribution is -0.139. The number of carbonyl (C=O) groups excluding carboxylic acids is 1. The van der Waals surface area contributed by atoms with Gasteiger partial charge in [0.2, 0.25) is 5.91 Å². The van der Waals surface area contributed by atoms with Crippen molar-refractivity contribution in [1.82, 2.24) is 4.90 Å². The summed E-state index contributed by atoms with van der Waals surface area (Å²) >= 11 is 0. The van der Waals surface area contributed by atoms with Gasteiger partial charge in [-0.2, -0.15) is 0 Å². The van der Waals surface area contributed by atoms with Gasteiger partial charge in [0.1, 0.15) is 0 Å². The fourth-order valence-corrected chi connectivity index (χ4v) is 6.34. The SMILES string of the molecule is O=C(C1C2C3CCC(C3)C12)N1C2CCC1CC(O)C2. The summed E-state index contributed by atoms with van der Waals surface area (Å²) in [6.45, 7) is 0. The van der Waals surface area contributed by atoms with E-state index in [1.54, 1.807) is 0 Å². The van der Waals surface area contributed by atoms with Gasteiger partial charge >= 0.3 is 0 Å². The summed E-state index contributed by atoms with van der Waals surface area (Å²) in [6, 6.07) is 0.723. The minimum atomic E-state index is -0.156. The molecule has 2 aliphatic heterocycles. The maximum Gasteiger partial charge on any atom is 0.226 e. The first-order valence-electron chi connectivity index (χ1n) is 8.24. The lowest BCUT2D eigenvalue weighted by Gasteiger charge is -2.37. The van der Waals surface area contributed by atoms with Crippen molar-refractivity contribution in [2.75, 3.05) is 0 Å². The Labute approximate surface area is 114 Å². The molecule has 1 N–H and O–H groups in total. The number of fused-ring (bicyclic) bond motifs is 7. The molecule has 2 saturated heterocycles. The lowest BCUT2D eigenvalue weighted by Crippen LogP contribution is -2.49. The molecule has 19 heavy (non-hydrogen) atoms. The Morgan fingerprint density at radius 2 is 1.47 bits per heavy atom. The van der Waals surface area contributed by atoms with E-state index < -0.39 is 0 Å². The fraction of sp³-hybridized carbons (Fsp3) is 0.938.